The van der Waals surface area contributed by atoms with Gasteiger partial charge in [-0.05, 0) is 86.3 Å². The summed E-state index contributed by atoms with van der Waals surface area (Å²) in [6.07, 6.45) is 5.31. The first-order valence-electron chi connectivity index (χ1n) is 11.0. The summed E-state index contributed by atoms with van der Waals surface area (Å²) >= 11 is 0. The van der Waals surface area contributed by atoms with Crippen LogP contribution in [0, 0.1) is 11.3 Å². The van der Waals surface area contributed by atoms with E-state index >= 15 is 0 Å². The third-order valence-electron chi connectivity index (χ3n) is 5.67. The molecule has 0 aliphatic carbocycles. The summed E-state index contributed by atoms with van der Waals surface area (Å²) in [6, 6.07) is 21.8. The lowest BCUT2D eigenvalue weighted by Gasteiger charge is -2.25. The van der Waals surface area contributed by atoms with Crippen molar-refractivity contribution in [3.8, 4) is 23.1 Å². The van der Waals surface area contributed by atoms with Gasteiger partial charge in [-0.2, -0.15) is 5.26 Å². The summed E-state index contributed by atoms with van der Waals surface area (Å²) in [6.45, 7) is 1.24. The van der Waals surface area contributed by atoms with Crippen LogP contribution in [0.5, 0.6) is 5.75 Å². The Kier molecular flexibility index (Phi) is 7.35. The quantitative estimate of drug-likeness (QED) is 0.480. The van der Waals surface area contributed by atoms with E-state index in [0.717, 1.165) is 42.7 Å². The highest BCUT2D eigenvalue weighted by molar-refractivity contribution is 7.89. The molecular formula is C25H26N4O3S. The van der Waals surface area contributed by atoms with Gasteiger partial charge in [0.25, 0.3) is 10.0 Å². The number of benzene rings is 2. The van der Waals surface area contributed by atoms with Crippen LogP contribution in [0.3, 0.4) is 0 Å². The number of ether oxygens (including phenoxy) is 1. The molecule has 33 heavy (non-hydrogen) atoms. The second-order valence-electron chi connectivity index (χ2n) is 7.95. The third kappa shape index (κ3) is 5.96. The smallest absolute Gasteiger partial charge is 0.253 e. The van der Waals surface area contributed by atoms with Crippen LogP contribution in [0.15, 0.2) is 77.8 Å². The van der Waals surface area contributed by atoms with Crippen molar-refractivity contribution in [3.63, 3.8) is 0 Å². The van der Waals surface area contributed by atoms with E-state index in [1.807, 2.05) is 53.5 Å². The van der Waals surface area contributed by atoms with Gasteiger partial charge >= 0.3 is 0 Å². The van der Waals surface area contributed by atoms with Crippen LogP contribution in [-0.4, -0.2) is 37.6 Å². The van der Waals surface area contributed by atoms with Gasteiger partial charge in [0.15, 0.2) is 0 Å². The lowest BCUT2D eigenvalue weighted by atomic mass is 10.1. The van der Waals surface area contributed by atoms with Gasteiger partial charge in [0, 0.05) is 24.3 Å². The fourth-order valence-corrected chi connectivity index (χ4v) is 5.09. The SMILES string of the molecule is N#Cc1ccc(S(=O)(=O)NN2CCCC2CCCOc2ccc(-c3ccccn3)cc2)cc1. The monoisotopic (exact) mass is 462 g/mol. The Labute approximate surface area is 194 Å². The molecule has 1 unspecified atom stereocenters. The van der Waals surface area contributed by atoms with Crippen molar-refractivity contribution < 1.29 is 13.2 Å². The Bertz CT molecular complexity index is 1190. The van der Waals surface area contributed by atoms with Crippen LogP contribution in [0.25, 0.3) is 11.3 Å². The Morgan fingerprint density at radius 3 is 2.58 bits per heavy atom. The van der Waals surface area contributed by atoms with E-state index in [1.165, 1.54) is 24.3 Å². The molecule has 1 saturated heterocycles. The van der Waals surface area contributed by atoms with Gasteiger partial charge in [-0.15, -0.1) is 4.83 Å². The maximum absolute atomic E-state index is 12.7. The molecule has 2 aromatic carbocycles. The Morgan fingerprint density at radius 2 is 1.88 bits per heavy atom. The Morgan fingerprint density at radius 1 is 1.09 bits per heavy atom. The number of sulfonamides is 1. The van der Waals surface area contributed by atoms with E-state index in [0.29, 0.717) is 18.7 Å². The van der Waals surface area contributed by atoms with Crippen molar-refractivity contribution in [1.82, 2.24) is 14.8 Å². The van der Waals surface area contributed by atoms with Crippen LogP contribution in [0.4, 0.5) is 0 Å². The average molecular weight is 463 g/mol. The summed E-state index contributed by atoms with van der Waals surface area (Å²) in [7, 11) is -3.67. The lowest BCUT2D eigenvalue weighted by Crippen LogP contribution is -2.45. The Hall–Kier alpha value is -3.25. The van der Waals surface area contributed by atoms with Gasteiger partial charge < -0.3 is 4.74 Å². The molecule has 0 radical (unpaired) electrons. The molecule has 0 saturated carbocycles. The summed E-state index contributed by atoms with van der Waals surface area (Å²) in [4.78, 5) is 7.22. The number of nitriles is 1. The second kappa shape index (κ2) is 10.6. The number of rotatable bonds is 9. The zero-order chi connectivity index (χ0) is 23.1. The molecule has 2 heterocycles. The minimum atomic E-state index is -3.67. The molecular weight excluding hydrogens is 436 g/mol. The highest BCUT2D eigenvalue weighted by Crippen LogP contribution is 2.23. The summed E-state index contributed by atoms with van der Waals surface area (Å²) < 4.78 is 31.3. The van der Waals surface area contributed by atoms with Crippen LogP contribution in [-0.2, 0) is 10.0 Å². The topological polar surface area (TPSA) is 95.3 Å². The maximum Gasteiger partial charge on any atom is 0.253 e. The first-order valence-corrected chi connectivity index (χ1v) is 12.5. The van der Waals surface area contributed by atoms with Gasteiger partial charge in [0.05, 0.1) is 28.8 Å². The van der Waals surface area contributed by atoms with Crippen LogP contribution >= 0.6 is 0 Å². The number of hydrogen-bond donors (Lipinski definition) is 1. The normalized spacial score (nSPS) is 16.4. The number of aromatic nitrogens is 1. The number of nitrogens with one attached hydrogen (secondary N) is 1. The third-order valence-corrected chi connectivity index (χ3v) is 7.04. The first kappa shape index (κ1) is 22.9. The number of nitrogens with zero attached hydrogens (tertiary/aromatic N) is 3. The van der Waals surface area contributed by atoms with E-state index in [4.69, 9.17) is 10.00 Å². The van der Waals surface area contributed by atoms with E-state index in [-0.39, 0.29) is 10.9 Å². The number of pyridine rings is 1. The zero-order valence-corrected chi connectivity index (χ0v) is 19.0. The van der Waals surface area contributed by atoms with Gasteiger partial charge in [0.1, 0.15) is 5.75 Å². The maximum atomic E-state index is 12.7. The minimum absolute atomic E-state index is 0.133. The largest absolute Gasteiger partial charge is 0.494 e. The minimum Gasteiger partial charge on any atom is -0.494 e. The van der Waals surface area contributed by atoms with E-state index in [2.05, 4.69) is 9.82 Å². The van der Waals surface area contributed by atoms with E-state index in [9.17, 15) is 8.42 Å². The molecule has 1 atom stereocenters. The predicted octanol–water partition coefficient (Wildman–Crippen LogP) is 4.14. The number of hydrazine groups is 1. The van der Waals surface area contributed by atoms with E-state index in [1.54, 1.807) is 6.20 Å². The molecule has 1 fully saturated rings. The zero-order valence-electron chi connectivity index (χ0n) is 18.2. The van der Waals surface area contributed by atoms with Crippen LogP contribution in [0.1, 0.15) is 31.2 Å². The molecule has 7 nitrogen and oxygen atoms in total. The van der Waals surface area contributed by atoms with Gasteiger partial charge in [0.2, 0.25) is 0 Å². The van der Waals surface area contributed by atoms with E-state index < -0.39 is 10.0 Å². The molecule has 0 spiro atoms. The van der Waals surface area contributed by atoms with Gasteiger partial charge in [-0.3, -0.25) is 4.98 Å². The molecule has 0 amide bonds. The fourth-order valence-electron chi connectivity index (χ4n) is 3.94. The number of hydrogen-bond acceptors (Lipinski definition) is 6. The van der Waals surface area contributed by atoms with Crippen LogP contribution < -0.4 is 9.57 Å². The molecule has 170 valence electrons. The van der Waals surface area contributed by atoms with Crippen molar-refractivity contribution in [1.29, 1.82) is 5.26 Å². The summed E-state index contributed by atoms with van der Waals surface area (Å²) in [5, 5.41) is 10.7. The van der Waals surface area contributed by atoms with Crippen molar-refractivity contribution in [2.45, 2.75) is 36.6 Å². The van der Waals surface area contributed by atoms with Crippen molar-refractivity contribution in [2.24, 2.45) is 0 Å². The Balaban J connectivity index is 1.25. The molecule has 0 bridgehead atoms. The lowest BCUT2D eigenvalue weighted by molar-refractivity contribution is 0.197. The second-order valence-corrected chi connectivity index (χ2v) is 9.61. The molecule has 3 aromatic rings. The standard InChI is InChI=1S/C25H26N4O3S/c26-19-20-8-14-24(15-9-20)33(30,31)28-29-17-3-5-22(29)6-4-18-32-23-12-10-21(11-13-23)25-7-1-2-16-27-25/h1-2,7-16,22,28H,3-6,17-18H2. The molecule has 8 heteroatoms. The van der Waals surface area contributed by atoms with Gasteiger partial charge in [-0.1, -0.05) is 6.07 Å². The van der Waals surface area contributed by atoms with Crippen molar-refractivity contribution >= 4 is 10.0 Å². The molecule has 1 aliphatic rings. The fraction of sp³-hybridized carbons (Fsp3) is 0.280. The molecule has 1 aromatic heterocycles. The predicted molar refractivity (Wildman–Crippen MR) is 126 cm³/mol. The molecule has 1 aliphatic heterocycles. The summed E-state index contributed by atoms with van der Waals surface area (Å²) in [5.41, 5.74) is 2.40. The van der Waals surface area contributed by atoms with Crippen molar-refractivity contribution in [2.75, 3.05) is 13.2 Å². The molecule has 4 rings (SSSR count). The highest BCUT2D eigenvalue weighted by atomic mass is 32.2. The average Bonchev–Trinajstić information content (AvgIpc) is 3.29. The van der Waals surface area contributed by atoms with Crippen LogP contribution in [0.2, 0.25) is 0 Å². The van der Waals surface area contributed by atoms with Gasteiger partial charge in [-0.25, -0.2) is 13.4 Å². The first-order chi connectivity index (χ1) is 16.0. The van der Waals surface area contributed by atoms with Crippen molar-refractivity contribution in [3.05, 3.63) is 78.5 Å². The highest BCUT2D eigenvalue weighted by Gasteiger charge is 2.28. The summed E-state index contributed by atoms with van der Waals surface area (Å²) in [5.74, 6) is 0.805. The molecule has 1 N–H and O–H groups in total.